The Morgan fingerprint density at radius 1 is 1.11 bits per heavy atom. The van der Waals surface area contributed by atoms with Crippen molar-refractivity contribution in [2.24, 2.45) is 5.92 Å². The van der Waals surface area contributed by atoms with Gasteiger partial charge in [-0.2, -0.15) is 0 Å². The summed E-state index contributed by atoms with van der Waals surface area (Å²) in [6.07, 6.45) is 6.45. The molecule has 3 heteroatoms. The van der Waals surface area contributed by atoms with Gasteiger partial charge in [-0.3, -0.25) is 4.79 Å². The fourth-order valence-electron chi connectivity index (χ4n) is 2.36. The monoisotopic (exact) mass is 262 g/mol. The van der Waals surface area contributed by atoms with Crippen molar-refractivity contribution in [3.05, 3.63) is 24.3 Å². The molecule has 1 saturated carbocycles. The second kappa shape index (κ2) is 7.17. The molecule has 3 nitrogen and oxygen atoms in total. The molecule has 1 aromatic carbocycles. The van der Waals surface area contributed by atoms with Crippen LogP contribution in [-0.2, 0) is 4.79 Å². The fraction of sp³-hybridized carbons (Fsp3) is 0.562. The van der Waals surface area contributed by atoms with Crippen LogP contribution in [0.2, 0.25) is 0 Å². The summed E-state index contributed by atoms with van der Waals surface area (Å²) in [5.74, 6) is 1.44. The first-order chi connectivity index (χ1) is 9.29. The molecule has 0 atom stereocenters. The molecule has 0 aromatic heterocycles. The molecule has 0 amide bonds. The number of carbonyl (C=O) groups is 1. The van der Waals surface area contributed by atoms with Crippen molar-refractivity contribution in [3.8, 4) is 11.5 Å². The molecule has 1 aliphatic carbocycles. The maximum atomic E-state index is 12.0. The van der Waals surface area contributed by atoms with E-state index in [4.69, 9.17) is 9.47 Å². The van der Waals surface area contributed by atoms with Crippen LogP contribution >= 0.6 is 0 Å². The molecule has 0 heterocycles. The Hall–Kier alpha value is -1.51. The van der Waals surface area contributed by atoms with Crippen molar-refractivity contribution < 1.29 is 14.3 Å². The van der Waals surface area contributed by atoms with Gasteiger partial charge in [0.15, 0.2) is 0 Å². The lowest BCUT2D eigenvalue weighted by Crippen LogP contribution is -2.22. The Labute approximate surface area is 114 Å². The SMILES string of the molecule is CCCOc1ccc(OC(=O)C2CCCCC2)cc1. The van der Waals surface area contributed by atoms with Crippen LogP contribution in [0.4, 0.5) is 0 Å². The van der Waals surface area contributed by atoms with E-state index >= 15 is 0 Å². The van der Waals surface area contributed by atoms with Gasteiger partial charge in [-0.25, -0.2) is 0 Å². The van der Waals surface area contributed by atoms with Gasteiger partial charge in [-0.1, -0.05) is 26.2 Å². The average molecular weight is 262 g/mol. The van der Waals surface area contributed by atoms with E-state index in [9.17, 15) is 4.79 Å². The predicted molar refractivity (Wildman–Crippen MR) is 74.4 cm³/mol. The first-order valence-electron chi connectivity index (χ1n) is 7.24. The Kier molecular flexibility index (Phi) is 5.25. The van der Waals surface area contributed by atoms with Crippen LogP contribution < -0.4 is 9.47 Å². The van der Waals surface area contributed by atoms with Crippen LogP contribution in [0, 0.1) is 5.92 Å². The molecule has 1 aliphatic rings. The summed E-state index contributed by atoms with van der Waals surface area (Å²) in [4.78, 5) is 12.0. The number of carbonyl (C=O) groups excluding carboxylic acids is 1. The molecule has 1 fully saturated rings. The van der Waals surface area contributed by atoms with Crippen LogP contribution in [0.15, 0.2) is 24.3 Å². The van der Waals surface area contributed by atoms with Gasteiger partial charge in [0.25, 0.3) is 0 Å². The molecule has 0 N–H and O–H groups in total. The minimum atomic E-state index is -0.0815. The van der Waals surface area contributed by atoms with Crippen LogP contribution in [0.25, 0.3) is 0 Å². The van der Waals surface area contributed by atoms with Crippen LogP contribution in [0.5, 0.6) is 11.5 Å². The van der Waals surface area contributed by atoms with Crippen molar-refractivity contribution >= 4 is 5.97 Å². The van der Waals surface area contributed by atoms with E-state index in [2.05, 4.69) is 6.92 Å². The molecule has 0 radical (unpaired) electrons. The van der Waals surface area contributed by atoms with Gasteiger partial charge in [-0.15, -0.1) is 0 Å². The average Bonchev–Trinajstić information content (AvgIpc) is 2.47. The zero-order valence-corrected chi connectivity index (χ0v) is 11.6. The largest absolute Gasteiger partial charge is 0.494 e. The van der Waals surface area contributed by atoms with E-state index in [0.29, 0.717) is 12.4 Å². The lowest BCUT2D eigenvalue weighted by atomic mass is 9.89. The fourth-order valence-corrected chi connectivity index (χ4v) is 2.36. The maximum Gasteiger partial charge on any atom is 0.314 e. The molecule has 2 rings (SSSR count). The molecule has 1 aromatic rings. The minimum absolute atomic E-state index is 0.0815. The number of hydrogen-bond acceptors (Lipinski definition) is 3. The Morgan fingerprint density at radius 2 is 1.74 bits per heavy atom. The first kappa shape index (κ1) is 13.9. The number of rotatable bonds is 5. The Bertz CT molecular complexity index is 391. The van der Waals surface area contributed by atoms with E-state index in [1.54, 1.807) is 12.1 Å². The van der Waals surface area contributed by atoms with E-state index in [0.717, 1.165) is 37.9 Å². The van der Waals surface area contributed by atoms with E-state index in [1.807, 2.05) is 12.1 Å². The van der Waals surface area contributed by atoms with Crippen molar-refractivity contribution in [2.75, 3.05) is 6.61 Å². The van der Waals surface area contributed by atoms with Gasteiger partial charge < -0.3 is 9.47 Å². The number of benzene rings is 1. The van der Waals surface area contributed by atoms with Gasteiger partial charge in [-0.05, 0) is 43.5 Å². The summed E-state index contributed by atoms with van der Waals surface area (Å²) in [6.45, 7) is 2.78. The van der Waals surface area contributed by atoms with Crippen molar-refractivity contribution in [3.63, 3.8) is 0 Å². The van der Waals surface area contributed by atoms with Gasteiger partial charge in [0.2, 0.25) is 0 Å². The summed E-state index contributed by atoms with van der Waals surface area (Å²) < 4.78 is 10.9. The van der Waals surface area contributed by atoms with Gasteiger partial charge in [0.1, 0.15) is 11.5 Å². The maximum absolute atomic E-state index is 12.0. The van der Waals surface area contributed by atoms with Gasteiger partial charge in [0.05, 0.1) is 12.5 Å². The molecule has 0 bridgehead atoms. The molecule has 19 heavy (non-hydrogen) atoms. The highest BCUT2D eigenvalue weighted by Crippen LogP contribution is 2.26. The third-order valence-electron chi connectivity index (χ3n) is 3.45. The topological polar surface area (TPSA) is 35.5 Å². The molecule has 0 unspecified atom stereocenters. The number of esters is 1. The van der Waals surface area contributed by atoms with Crippen molar-refractivity contribution in [2.45, 2.75) is 45.4 Å². The standard InChI is InChI=1S/C16H22O3/c1-2-12-18-14-8-10-15(11-9-14)19-16(17)13-6-4-3-5-7-13/h8-11,13H,2-7,12H2,1H3. The molecule has 0 spiro atoms. The number of hydrogen-bond donors (Lipinski definition) is 0. The highest BCUT2D eigenvalue weighted by atomic mass is 16.5. The highest BCUT2D eigenvalue weighted by Gasteiger charge is 2.22. The third-order valence-corrected chi connectivity index (χ3v) is 3.45. The predicted octanol–water partition coefficient (Wildman–Crippen LogP) is 3.96. The second-order valence-electron chi connectivity index (χ2n) is 5.08. The second-order valence-corrected chi connectivity index (χ2v) is 5.08. The van der Waals surface area contributed by atoms with E-state index in [-0.39, 0.29) is 11.9 Å². The third kappa shape index (κ3) is 4.27. The molecule has 0 aliphatic heterocycles. The van der Waals surface area contributed by atoms with Crippen molar-refractivity contribution in [1.82, 2.24) is 0 Å². The first-order valence-corrected chi connectivity index (χ1v) is 7.24. The summed E-state index contributed by atoms with van der Waals surface area (Å²) >= 11 is 0. The summed E-state index contributed by atoms with van der Waals surface area (Å²) in [5.41, 5.74) is 0. The zero-order chi connectivity index (χ0) is 13.5. The van der Waals surface area contributed by atoms with Gasteiger partial charge >= 0.3 is 5.97 Å². The molecular weight excluding hydrogens is 240 g/mol. The van der Waals surface area contributed by atoms with Crippen LogP contribution in [-0.4, -0.2) is 12.6 Å². The zero-order valence-electron chi connectivity index (χ0n) is 11.6. The molecular formula is C16H22O3. The minimum Gasteiger partial charge on any atom is -0.494 e. The smallest absolute Gasteiger partial charge is 0.314 e. The number of ether oxygens (including phenoxy) is 2. The lowest BCUT2D eigenvalue weighted by Gasteiger charge is -2.19. The van der Waals surface area contributed by atoms with Gasteiger partial charge in [0, 0.05) is 0 Å². The Morgan fingerprint density at radius 3 is 2.37 bits per heavy atom. The normalized spacial score (nSPS) is 16.1. The highest BCUT2D eigenvalue weighted by molar-refractivity contribution is 5.75. The summed E-state index contributed by atoms with van der Waals surface area (Å²) in [5, 5.41) is 0. The lowest BCUT2D eigenvalue weighted by molar-refractivity contribution is -0.139. The Balaban J connectivity index is 1.86. The van der Waals surface area contributed by atoms with Crippen LogP contribution in [0.1, 0.15) is 45.4 Å². The van der Waals surface area contributed by atoms with E-state index in [1.165, 1.54) is 6.42 Å². The molecule has 104 valence electrons. The summed E-state index contributed by atoms with van der Waals surface area (Å²) in [7, 11) is 0. The van der Waals surface area contributed by atoms with Crippen molar-refractivity contribution in [1.29, 1.82) is 0 Å². The molecule has 0 saturated heterocycles. The summed E-state index contributed by atoms with van der Waals surface area (Å²) in [6, 6.07) is 7.29. The quantitative estimate of drug-likeness (QED) is 0.595. The van der Waals surface area contributed by atoms with E-state index < -0.39 is 0 Å². The van der Waals surface area contributed by atoms with Crippen LogP contribution in [0.3, 0.4) is 0 Å².